The molecule has 1 saturated heterocycles. The molecule has 0 spiro atoms. The van der Waals surface area contributed by atoms with E-state index in [1.807, 2.05) is 32.6 Å². The van der Waals surface area contributed by atoms with Crippen LogP contribution < -0.4 is 0 Å². The molecule has 2 aromatic heterocycles. The molecular formula is C24H36N4O9. The van der Waals surface area contributed by atoms with Crippen molar-refractivity contribution in [1.29, 1.82) is 0 Å². The summed E-state index contributed by atoms with van der Waals surface area (Å²) in [6.07, 6.45) is 2.67. The molecule has 4 N–H and O–H groups in total. The molecule has 0 unspecified atom stereocenters. The Hall–Kier alpha value is -3.26. The van der Waals surface area contributed by atoms with Gasteiger partial charge in [-0.3, -0.25) is 19.4 Å². The molecule has 37 heavy (non-hydrogen) atoms. The van der Waals surface area contributed by atoms with Crippen LogP contribution in [0.5, 0.6) is 0 Å². The largest absolute Gasteiger partial charge is 0.481 e. The van der Waals surface area contributed by atoms with E-state index in [1.165, 1.54) is 5.69 Å². The van der Waals surface area contributed by atoms with Gasteiger partial charge in [-0.25, -0.2) is 9.78 Å². The summed E-state index contributed by atoms with van der Waals surface area (Å²) in [6, 6.07) is 4.11. The number of furan rings is 1. The molecule has 0 radical (unpaired) electrons. The molecule has 0 aromatic carbocycles. The molecule has 0 bridgehead atoms. The summed E-state index contributed by atoms with van der Waals surface area (Å²) in [5.41, 5.74) is -1.51. The van der Waals surface area contributed by atoms with E-state index < -0.39 is 36.4 Å². The zero-order valence-electron chi connectivity index (χ0n) is 21.2. The van der Waals surface area contributed by atoms with Crippen LogP contribution in [-0.2, 0) is 39.3 Å². The van der Waals surface area contributed by atoms with Crippen LogP contribution in [0.4, 0.5) is 0 Å². The van der Waals surface area contributed by atoms with Gasteiger partial charge in [0, 0.05) is 39.4 Å². The number of nitrogens with zero attached hydrogens (tertiary/aromatic N) is 4. The molecule has 1 aliphatic rings. The molecule has 3 heterocycles. The lowest BCUT2D eigenvalue weighted by atomic mass is 9.96. The lowest BCUT2D eigenvalue weighted by Gasteiger charge is -2.28. The highest BCUT2D eigenvalue weighted by Crippen LogP contribution is 2.16. The van der Waals surface area contributed by atoms with Crippen LogP contribution in [0.3, 0.4) is 0 Å². The lowest BCUT2D eigenvalue weighted by molar-refractivity contribution is -0.170. The molecule has 1 fully saturated rings. The van der Waals surface area contributed by atoms with Gasteiger partial charge in [-0.2, -0.15) is 0 Å². The van der Waals surface area contributed by atoms with Crippen molar-refractivity contribution in [3.05, 3.63) is 41.9 Å². The number of aryl methyl sites for hydroxylation is 2. The maximum absolute atomic E-state index is 10.3. The average molecular weight is 525 g/mol. The molecule has 206 valence electrons. The molecule has 0 atom stereocenters. The molecular weight excluding hydrogens is 488 g/mol. The van der Waals surface area contributed by atoms with Crippen LogP contribution in [0, 0.1) is 6.92 Å². The Balaban J connectivity index is 0.000000317. The molecule has 0 saturated carbocycles. The number of hydrogen-bond acceptors (Lipinski definition) is 9. The van der Waals surface area contributed by atoms with Crippen LogP contribution in [0.1, 0.15) is 36.5 Å². The van der Waals surface area contributed by atoms with Crippen LogP contribution in [-0.4, -0.2) is 103 Å². The summed E-state index contributed by atoms with van der Waals surface area (Å²) in [7, 11) is 2.05. The lowest BCUT2D eigenvalue weighted by Crippen LogP contribution is -2.42. The number of carbonyl (C=O) groups is 3. The van der Waals surface area contributed by atoms with Gasteiger partial charge in [0.2, 0.25) is 0 Å². The summed E-state index contributed by atoms with van der Waals surface area (Å²) >= 11 is 0. The van der Waals surface area contributed by atoms with E-state index in [1.54, 1.807) is 0 Å². The van der Waals surface area contributed by atoms with Gasteiger partial charge in [0.05, 0.1) is 44.6 Å². The summed E-state index contributed by atoms with van der Waals surface area (Å²) in [6.45, 7) is 9.73. The maximum Gasteiger partial charge on any atom is 0.336 e. The van der Waals surface area contributed by atoms with Gasteiger partial charge < -0.3 is 34.1 Å². The molecule has 0 aliphatic carbocycles. The van der Waals surface area contributed by atoms with Gasteiger partial charge >= 0.3 is 17.9 Å². The van der Waals surface area contributed by atoms with Gasteiger partial charge in [0.15, 0.2) is 5.60 Å². The Bertz CT molecular complexity index is 998. The minimum atomic E-state index is -2.74. The van der Waals surface area contributed by atoms with E-state index in [0.717, 1.165) is 70.4 Å². The number of carboxylic acids is 3. The van der Waals surface area contributed by atoms with E-state index in [4.69, 9.17) is 29.6 Å². The van der Waals surface area contributed by atoms with Crippen molar-refractivity contribution >= 4 is 17.9 Å². The van der Waals surface area contributed by atoms with E-state index in [2.05, 4.69) is 25.4 Å². The molecule has 0 amide bonds. The maximum atomic E-state index is 10.3. The smallest absolute Gasteiger partial charge is 0.336 e. The third-order valence-electron chi connectivity index (χ3n) is 5.82. The number of rotatable bonds is 13. The van der Waals surface area contributed by atoms with Gasteiger partial charge in [0.25, 0.3) is 0 Å². The summed E-state index contributed by atoms with van der Waals surface area (Å²) in [4.78, 5) is 39.6. The van der Waals surface area contributed by atoms with Gasteiger partial charge in [-0.15, -0.1) is 0 Å². The number of hydrogen-bond donors (Lipinski definition) is 4. The fourth-order valence-electron chi connectivity index (χ4n) is 3.83. The van der Waals surface area contributed by atoms with Crippen LogP contribution in [0.25, 0.3) is 0 Å². The molecule has 13 heteroatoms. The number of ether oxygens (including phenoxy) is 1. The van der Waals surface area contributed by atoms with E-state index in [9.17, 15) is 14.4 Å². The fourth-order valence-corrected chi connectivity index (χ4v) is 3.83. The zero-order valence-corrected chi connectivity index (χ0v) is 21.2. The van der Waals surface area contributed by atoms with Gasteiger partial charge in [-0.05, 0) is 32.0 Å². The van der Waals surface area contributed by atoms with Gasteiger partial charge in [-0.1, -0.05) is 0 Å². The minimum Gasteiger partial charge on any atom is -0.481 e. The molecule has 3 rings (SSSR count). The topological polar surface area (TPSA) is 179 Å². The van der Waals surface area contributed by atoms with Crippen LogP contribution >= 0.6 is 0 Å². The zero-order chi connectivity index (χ0) is 27.4. The second-order valence-electron chi connectivity index (χ2n) is 9.00. The predicted molar refractivity (Wildman–Crippen MR) is 130 cm³/mol. The normalized spacial score (nSPS) is 14.3. The van der Waals surface area contributed by atoms with Crippen molar-refractivity contribution < 1.29 is 44.0 Å². The van der Waals surface area contributed by atoms with E-state index >= 15 is 0 Å². The van der Waals surface area contributed by atoms with E-state index in [0.29, 0.717) is 0 Å². The first-order valence-corrected chi connectivity index (χ1v) is 11.9. The number of morpholine rings is 1. The molecule has 1 aliphatic heterocycles. The second-order valence-corrected chi connectivity index (χ2v) is 9.00. The monoisotopic (exact) mass is 524 g/mol. The Morgan fingerprint density at radius 2 is 1.73 bits per heavy atom. The van der Waals surface area contributed by atoms with Crippen LogP contribution in [0.15, 0.2) is 29.1 Å². The van der Waals surface area contributed by atoms with Crippen molar-refractivity contribution in [3.63, 3.8) is 0 Å². The van der Waals surface area contributed by atoms with Gasteiger partial charge in [0.1, 0.15) is 11.5 Å². The number of aromatic nitrogens is 2. The van der Waals surface area contributed by atoms with E-state index in [-0.39, 0.29) is 0 Å². The number of aliphatic hydroxyl groups is 1. The number of carboxylic acid groups (broad SMARTS) is 3. The first kappa shape index (κ1) is 30.0. The van der Waals surface area contributed by atoms with Crippen molar-refractivity contribution in [2.24, 2.45) is 7.05 Å². The van der Waals surface area contributed by atoms with Crippen molar-refractivity contribution in [3.8, 4) is 0 Å². The number of imidazole rings is 1. The third kappa shape index (κ3) is 10.7. The summed E-state index contributed by atoms with van der Waals surface area (Å²) < 4.78 is 13.3. The number of aliphatic carboxylic acids is 3. The highest BCUT2D eigenvalue weighted by molar-refractivity contribution is 5.88. The summed E-state index contributed by atoms with van der Waals surface area (Å²) in [5, 5.41) is 33.8. The third-order valence-corrected chi connectivity index (χ3v) is 5.82. The van der Waals surface area contributed by atoms with Crippen molar-refractivity contribution in [2.75, 3.05) is 39.4 Å². The predicted octanol–water partition coefficient (Wildman–Crippen LogP) is 0.798. The Morgan fingerprint density at radius 3 is 2.22 bits per heavy atom. The highest BCUT2D eigenvalue weighted by Gasteiger charge is 2.40. The second kappa shape index (κ2) is 14.5. The fraction of sp³-hybridized carbons (Fsp3) is 0.583. The SMILES string of the molecule is Cc1ccc(CN(CCCN2CCOCC2)Cc2cncn2C)o1.O=C(O)CC(O)(CC(=O)O)C(=O)O. The molecule has 2 aromatic rings. The van der Waals surface area contributed by atoms with Crippen molar-refractivity contribution in [2.45, 2.75) is 44.9 Å². The Labute approximate surface area is 214 Å². The minimum absolute atomic E-state index is 0.835. The first-order chi connectivity index (χ1) is 17.5. The Morgan fingerprint density at radius 1 is 1.08 bits per heavy atom. The average Bonchev–Trinajstić information content (AvgIpc) is 3.41. The first-order valence-electron chi connectivity index (χ1n) is 11.9. The standard InChI is InChI=1S/C18H28N4O2.C6H8O7/c1-16-4-5-18(24-16)14-22(13-17-12-19-15-20(17)2)7-3-6-21-8-10-23-11-9-21;7-3(8)1-6(13,5(11)12)2-4(9)10/h4-5,12,15H,3,6-11,13-14H2,1-2H3;13H,1-2H2,(H,7,8)(H,9,10)(H,11,12). The highest BCUT2D eigenvalue weighted by atomic mass is 16.5. The Kier molecular flexibility index (Phi) is 11.7. The quantitative estimate of drug-likeness (QED) is 0.290. The van der Waals surface area contributed by atoms with Crippen molar-refractivity contribution in [1.82, 2.24) is 19.4 Å². The van der Waals surface area contributed by atoms with Crippen LogP contribution in [0.2, 0.25) is 0 Å². The molecule has 13 nitrogen and oxygen atoms in total. The summed E-state index contributed by atoms with van der Waals surface area (Å²) in [5.74, 6) is -3.02.